The van der Waals surface area contributed by atoms with Crippen molar-refractivity contribution in [3.05, 3.63) is 23.8 Å². The fourth-order valence-electron chi connectivity index (χ4n) is 1.52. The van der Waals surface area contributed by atoms with Gasteiger partial charge in [0.25, 0.3) is 0 Å². The van der Waals surface area contributed by atoms with E-state index in [9.17, 15) is 5.11 Å². The van der Waals surface area contributed by atoms with Crippen LogP contribution in [0.15, 0.2) is 18.2 Å². The van der Waals surface area contributed by atoms with Crippen molar-refractivity contribution in [2.45, 2.75) is 32.6 Å². The van der Waals surface area contributed by atoms with Gasteiger partial charge < -0.3 is 25.1 Å². The highest BCUT2D eigenvalue weighted by Crippen LogP contribution is 2.23. The monoisotopic (exact) mass is 269 g/mol. The molecule has 0 amide bonds. The third-order valence-corrected chi connectivity index (χ3v) is 2.54. The smallest absolute Gasteiger partial charge is 0.124 e. The van der Waals surface area contributed by atoms with E-state index in [1.54, 1.807) is 19.2 Å². The first kappa shape index (κ1) is 15.8. The molecule has 0 saturated carbocycles. The summed E-state index contributed by atoms with van der Waals surface area (Å²) in [5, 5.41) is 9.72. The van der Waals surface area contributed by atoms with Crippen molar-refractivity contribution in [2.75, 3.05) is 20.3 Å². The van der Waals surface area contributed by atoms with E-state index >= 15 is 0 Å². The van der Waals surface area contributed by atoms with E-state index in [0.717, 1.165) is 11.3 Å². The Balaban J connectivity index is 2.52. The van der Waals surface area contributed by atoms with Crippen LogP contribution in [-0.2, 0) is 11.3 Å². The molecule has 1 atom stereocenters. The molecule has 0 bridgehead atoms. The van der Waals surface area contributed by atoms with Gasteiger partial charge in [-0.2, -0.15) is 0 Å². The Morgan fingerprint density at radius 2 is 2.00 bits per heavy atom. The second-order valence-corrected chi connectivity index (χ2v) is 4.52. The molecule has 108 valence electrons. The number of hydrogen-bond acceptors (Lipinski definition) is 5. The van der Waals surface area contributed by atoms with Crippen LogP contribution in [0.5, 0.6) is 11.5 Å². The van der Waals surface area contributed by atoms with Crippen molar-refractivity contribution in [3.63, 3.8) is 0 Å². The first-order valence-corrected chi connectivity index (χ1v) is 6.36. The van der Waals surface area contributed by atoms with E-state index in [2.05, 4.69) is 0 Å². The molecule has 5 heteroatoms. The summed E-state index contributed by atoms with van der Waals surface area (Å²) in [6.07, 6.45) is -0.564. The number of ether oxygens (including phenoxy) is 3. The van der Waals surface area contributed by atoms with Gasteiger partial charge in [-0.3, -0.25) is 0 Å². The fourth-order valence-corrected chi connectivity index (χ4v) is 1.52. The van der Waals surface area contributed by atoms with Gasteiger partial charge in [0, 0.05) is 12.1 Å². The minimum absolute atomic E-state index is 0.0928. The van der Waals surface area contributed by atoms with Gasteiger partial charge in [0.15, 0.2) is 0 Å². The van der Waals surface area contributed by atoms with Gasteiger partial charge in [-0.15, -0.1) is 0 Å². The first-order valence-electron chi connectivity index (χ1n) is 6.36. The Morgan fingerprint density at radius 1 is 1.26 bits per heavy atom. The van der Waals surface area contributed by atoms with Crippen molar-refractivity contribution in [1.82, 2.24) is 0 Å². The van der Waals surface area contributed by atoms with Crippen molar-refractivity contribution in [2.24, 2.45) is 5.73 Å². The number of aliphatic hydroxyl groups is 1. The number of hydrogen-bond donors (Lipinski definition) is 2. The van der Waals surface area contributed by atoms with Crippen LogP contribution in [0.1, 0.15) is 19.4 Å². The number of benzene rings is 1. The van der Waals surface area contributed by atoms with Crippen LogP contribution in [0.4, 0.5) is 0 Å². The largest absolute Gasteiger partial charge is 0.497 e. The molecule has 1 aromatic rings. The van der Waals surface area contributed by atoms with Crippen LogP contribution in [0.3, 0.4) is 0 Å². The summed E-state index contributed by atoms with van der Waals surface area (Å²) in [4.78, 5) is 0. The third-order valence-electron chi connectivity index (χ3n) is 2.54. The van der Waals surface area contributed by atoms with Crippen molar-refractivity contribution < 1.29 is 19.3 Å². The highest BCUT2D eigenvalue weighted by Gasteiger charge is 2.09. The van der Waals surface area contributed by atoms with Crippen molar-refractivity contribution in [3.8, 4) is 11.5 Å². The quantitative estimate of drug-likeness (QED) is 0.744. The summed E-state index contributed by atoms with van der Waals surface area (Å²) in [5.41, 5.74) is 6.50. The third kappa shape index (κ3) is 5.46. The maximum atomic E-state index is 9.72. The van der Waals surface area contributed by atoms with Crippen LogP contribution >= 0.6 is 0 Å². The minimum atomic E-state index is -0.657. The van der Waals surface area contributed by atoms with E-state index in [-0.39, 0.29) is 19.3 Å². The molecule has 0 aliphatic heterocycles. The van der Waals surface area contributed by atoms with Crippen molar-refractivity contribution in [1.29, 1.82) is 0 Å². The Bertz CT molecular complexity index is 382. The summed E-state index contributed by atoms with van der Waals surface area (Å²) in [7, 11) is 1.60. The standard InChI is InChI=1S/C14H23NO4/c1-10(2)18-8-12(16)9-19-14-5-4-13(17-3)6-11(14)7-15/h4-6,10,12,16H,7-9,15H2,1-3H3. The molecule has 1 unspecified atom stereocenters. The summed E-state index contributed by atoms with van der Waals surface area (Å²) in [5.74, 6) is 1.39. The van der Waals surface area contributed by atoms with Gasteiger partial charge in [0.2, 0.25) is 0 Å². The molecule has 1 rings (SSSR count). The van der Waals surface area contributed by atoms with E-state index in [0.29, 0.717) is 12.3 Å². The molecule has 0 aliphatic carbocycles. The topological polar surface area (TPSA) is 73.9 Å². The molecule has 0 fully saturated rings. The van der Waals surface area contributed by atoms with Gasteiger partial charge in [-0.05, 0) is 32.0 Å². The number of aliphatic hydroxyl groups excluding tert-OH is 1. The van der Waals surface area contributed by atoms with Gasteiger partial charge in [0.1, 0.15) is 24.2 Å². The molecule has 0 radical (unpaired) electrons. The van der Waals surface area contributed by atoms with E-state index in [1.165, 1.54) is 0 Å². The first-order chi connectivity index (χ1) is 9.06. The van der Waals surface area contributed by atoms with Gasteiger partial charge in [-0.25, -0.2) is 0 Å². The second-order valence-electron chi connectivity index (χ2n) is 4.52. The van der Waals surface area contributed by atoms with Gasteiger partial charge >= 0.3 is 0 Å². The van der Waals surface area contributed by atoms with Crippen LogP contribution in [0.25, 0.3) is 0 Å². The molecular formula is C14H23NO4. The van der Waals surface area contributed by atoms with Gasteiger partial charge in [-0.1, -0.05) is 0 Å². The Labute approximate surface area is 114 Å². The van der Waals surface area contributed by atoms with E-state index in [4.69, 9.17) is 19.9 Å². The molecule has 19 heavy (non-hydrogen) atoms. The lowest BCUT2D eigenvalue weighted by molar-refractivity contribution is -0.0124. The van der Waals surface area contributed by atoms with Crippen LogP contribution in [0, 0.1) is 0 Å². The number of nitrogens with two attached hydrogens (primary N) is 1. The number of rotatable bonds is 8. The zero-order chi connectivity index (χ0) is 14.3. The van der Waals surface area contributed by atoms with Gasteiger partial charge in [0.05, 0.1) is 19.8 Å². The molecule has 0 aromatic heterocycles. The molecule has 0 saturated heterocycles. The average Bonchev–Trinajstić information content (AvgIpc) is 2.42. The van der Waals surface area contributed by atoms with Crippen LogP contribution in [0.2, 0.25) is 0 Å². The zero-order valence-corrected chi connectivity index (χ0v) is 11.8. The molecular weight excluding hydrogens is 246 g/mol. The summed E-state index contributed by atoms with van der Waals surface area (Å²) < 4.78 is 16.0. The van der Waals surface area contributed by atoms with Crippen LogP contribution < -0.4 is 15.2 Å². The molecule has 5 nitrogen and oxygen atoms in total. The molecule has 3 N–H and O–H groups in total. The molecule has 0 aliphatic rings. The lowest BCUT2D eigenvalue weighted by Crippen LogP contribution is -2.25. The predicted molar refractivity (Wildman–Crippen MR) is 73.5 cm³/mol. The second kappa shape index (κ2) is 7.99. The highest BCUT2D eigenvalue weighted by atomic mass is 16.5. The predicted octanol–water partition coefficient (Wildman–Crippen LogP) is 1.32. The average molecular weight is 269 g/mol. The zero-order valence-electron chi connectivity index (χ0n) is 11.8. The minimum Gasteiger partial charge on any atom is -0.497 e. The fraction of sp³-hybridized carbons (Fsp3) is 0.571. The summed E-state index contributed by atoms with van der Waals surface area (Å²) >= 11 is 0. The normalized spacial score (nSPS) is 12.5. The molecule has 0 heterocycles. The Kier molecular flexibility index (Phi) is 6.62. The molecule has 1 aromatic carbocycles. The maximum Gasteiger partial charge on any atom is 0.124 e. The highest BCUT2D eigenvalue weighted by molar-refractivity contribution is 5.40. The Hall–Kier alpha value is -1.30. The SMILES string of the molecule is COc1ccc(OCC(O)COC(C)C)c(CN)c1. The van der Waals surface area contributed by atoms with E-state index in [1.807, 2.05) is 19.9 Å². The summed E-state index contributed by atoms with van der Waals surface area (Å²) in [6.45, 7) is 4.62. The van der Waals surface area contributed by atoms with E-state index < -0.39 is 6.10 Å². The van der Waals surface area contributed by atoms with Crippen molar-refractivity contribution >= 4 is 0 Å². The summed E-state index contributed by atoms with van der Waals surface area (Å²) in [6, 6.07) is 5.41. The Morgan fingerprint density at radius 3 is 2.58 bits per heavy atom. The molecule has 0 spiro atoms. The van der Waals surface area contributed by atoms with Crippen LogP contribution in [-0.4, -0.2) is 37.6 Å². The number of methoxy groups -OCH3 is 1. The lowest BCUT2D eigenvalue weighted by Gasteiger charge is -2.16. The lowest BCUT2D eigenvalue weighted by atomic mass is 10.2. The maximum absolute atomic E-state index is 9.72.